The number of aromatic nitrogens is 1. The van der Waals surface area contributed by atoms with Crippen molar-refractivity contribution < 1.29 is 13.2 Å². The van der Waals surface area contributed by atoms with Gasteiger partial charge in [-0.25, -0.2) is 13.4 Å². The summed E-state index contributed by atoms with van der Waals surface area (Å²) in [6.07, 6.45) is 1.76. The number of rotatable bonds is 6. The zero-order chi connectivity index (χ0) is 21.0. The molecule has 1 amide bonds. The summed E-state index contributed by atoms with van der Waals surface area (Å²) in [7, 11) is -3.59. The number of hydrogen-bond donors (Lipinski definition) is 0. The molecule has 0 unspecified atom stereocenters. The van der Waals surface area contributed by atoms with E-state index < -0.39 is 10.0 Å². The smallest absolute Gasteiger partial charge is 0.254 e. The summed E-state index contributed by atoms with van der Waals surface area (Å²) < 4.78 is 27.8. The van der Waals surface area contributed by atoms with Crippen LogP contribution in [0.3, 0.4) is 0 Å². The minimum atomic E-state index is -3.59. The van der Waals surface area contributed by atoms with E-state index in [-0.39, 0.29) is 10.8 Å². The third-order valence-electron chi connectivity index (χ3n) is 5.03. The third-order valence-corrected chi connectivity index (χ3v) is 7.54. The Bertz CT molecular complexity index is 954. The van der Waals surface area contributed by atoms with E-state index in [9.17, 15) is 13.2 Å². The van der Waals surface area contributed by atoms with Gasteiger partial charge in [-0.3, -0.25) is 4.79 Å². The standard InChI is InChI=1S/C20H25BrN4O3S/c1-3-25(4-2)29(27,28)18-7-5-6-16(14-18)20(26)24-12-10-23(11-13-24)19-9-8-17(21)15-22-19/h5-9,14-15H,3-4,10-13H2,1-2H3. The topological polar surface area (TPSA) is 73.8 Å². The number of carbonyl (C=O) groups is 1. The van der Waals surface area contributed by atoms with Crippen LogP contribution in [0.1, 0.15) is 24.2 Å². The Morgan fingerprint density at radius 2 is 1.79 bits per heavy atom. The molecule has 1 saturated heterocycles. The maximum absolute atomic E-state index is 13.0. The predicted octanol–water partition coefficient (Wildman–Crippen LogP) is 2.84. The number of pyridine rings is 1. The van der Waals surface area contributed by atoms with Crippen molar-refractivity contribution in [2.75, 3.05) is 44.2 Å². The second kappa shape index (κ2) is 9.23. The molecule has 0 N–H and O–H groups in total. The Morgan fingerprint density at radius 1 is 1.10 bits per heavy atom. The Hall–Kier alpha value is -1.97. The van der Waals surface area contributed by atoms with Crippen molar-refractivity contribution >= 4 is 37.7 Å². The van der Waals surface area contributed by atoms with E-state index in [1.54, 1.807) is 43.1 Å². The molecule has 0 bridgehead atoms. The van der Waals surface area contributed by atoms with Crippen molar-refractivity contribution in [3.05, 3.63) is 52.6 Å². The van der Waals surface area contributed by atoms with Gasteiger partial charge in [0.25, 0.3) is 5.91 Å². The number of benzene rings is 1. The average molecular weight is 481 g/mol. The van der Waals surface area contributed by atoms with Gasteiger partial charge in [0.1, 0.15) is 5.82 Å². The van der Waals surface area contributed by atoms with Crippen molar-refractivity contribution in [3.8, 4) is 0 Å². The van der Waals surface area contributed by atoms with E-state index in [1.165, 1.54) is 10.4 Å². The van der Waals surface area contributed by atoms with Crippen molar-refractivity contribution in [3.63, 3.8) is 0 Å². The predicted molar refractivity (Wildman–Crippen MR) is 117 cm³/mol. The van der Waals surface area contributed by atoms with Gasteiger partial charge in [0, 0.05) is 55.5 Å². The molecule has 1 aromatic carbocycles. The molecule has 29 heavy (non-hydrogen) atoms. The van der Waals surface area contributed by atoms with Crippen molar-refractivity contribution in [1.29, 1.82) is 0 Å². The first-order chi connectivity index (χ1) is 13.9. The Morgan fingerprint density at radius 3 is 2.38 bits per heavy atom. The molecule has 3 rings (SSSR count). The summed E-state index contributed by atoms with van der Waals surface area (Å²) in [5.74, 6) is 0.734. The fraction of sp³-hybridized carbons (Fsp3) is 0.400. The van der Waals surface area contributed by atoms with Crippen LogP contribution >= 0.6 is 15.9 Å². The maximum Gasteiger partial charge on any atom is 0.254 e. The van der Waals surface area contributed by atoms with Gasteiger partial charge >= 0.3 is 0 Å². The van der Waals surface area contributed by atoms with Crippen LogP contribution < -0.4 is 4.90 Å². The SMILES string of the molecule is CCN(CC)S(=O)(=O)c1cccc(C(=O)N2CCN(c3ccc(Br)cn3)CC2)c1. The highest BCUT2D eigenvalue weighted by Crippen LogP contribution is 2.20. The Balaban J connectivity index is 1.71. The van der Waals surface area contributed by atoms with E-state index in [2.05, 4.69) is 25.8 Å². The molecule has 0 radical (unpaired) electrons. The molecule has 1 aliphatic heterocycles. The number of halogens is 1. The third kappa shape index (κ3) is 4.79. The van der Waals surface area contributed by atoms with Gasteiger partial charge in [0.2, 0.25) is 10.0 Å². The molecule has 1 aliphatic rings. The first kappa shape index (κ1) is 21.7. The summed E-state index contributed by atoms with van der Waals surface area (Å²) in [5, 5.41) is 0. The number of piperazine rings is 1. The lowest BCUT2D eigenvalue weighted by Crippen LogP contribution is -2.49. The van der Waals surface area contributed by atoms with Gasteiger partial charge in [0.15, 0.2) is 0 Å². The summed E-state index contributed by atoms with van der Waals surface area (Å²) in [6.45, 7) is 6.86. The first-order valence-electron chi connectivity index (χ1n) is 9.62. The van der Waals surface area contributed by atoms with E-state index >= 15 is 0 Å². The van der Waals surface area contributed by atoms with Crippen molar-refractivity contribution in [2.45, 2.75) is 18.7 Å². The number of sulfonamides is 1. The number of amides is 1. The second-order valence-corrected chi connectivity index (χ2v) is 9.58. The Labute approximate surface area is 180 Å². The molecule has 0 saturated carbocycles. The van der Waals surface area contributed by atoms with Crippen LogP contribution in [0.2, 0.25) is 0 Å². The molecule has 0 atom stereocenters. The van der Waals surface area contributed by atoms with Gasteiger partial charge in [-0.15, -0.1) is 0 Å². The molecule has 1 aromatic heterocycles. The quantitative estimate of drug-likeness (QED) is 0.635. The zero-order valence-corrected chi connectivity index (χ0v) is 19.0. The molecular weight excluding hydrogens is 456 g/mol. The van der Waals surface area contributed by atoms with Crippen LogP contribution in [0.15, 0.2) is 52.0 Å². The van der Waals surface area contributed by atoms with Crippen LogP contribution in [0.25, 0.3) is 0 Å². The zero-order valence-electron chi connectivity index (χ0n) is 16.6. The minimum Gasteiger partial charge on any atom is -0.353 e. The van der Waals surface area contributed by atoms with Crippen molar-refractivity contribution in [1.82, 2.24) is 14.2 Å². The fourth-order valence-corrected chi connectivity index (χ4v) is 5.12. The molecule has 0 spiro atoms. The van der Waals surface area contributed by atoms with E-state index in [0.717, 1.165) is 10.3 Å². The highest BCUT2D eigenvalue weighted by atomic mass is 79.9. The van der Waals surface area contributed by atoms with Crippen LogP contribution in [-0.2, 0) is 10.0 Å². The average Bonchev–Trinajstić information content (AvgIpc) is 2.75. The van der Waals surface area contributed by atoms with Crippen molar-refractivity contribution in [2.24, 2.45) is 0 Å². The van der Waals surface area contributed by atoms with Crippen LogP contribution in [0, 0.1) is 0 Å². The van der Waals surface area contributed by atoms with Crippen LogP contribution in [0.5, 0.6) is 0 Å². The molecule has 1 fully saturated rings. The lowest BCUT2D eigenvalue weighted by molar-refractivity contribution is 0.0746. The normalized spacial score (nSPS) is 15.0. The summed E-state index contributed by atoms with van der Waals surface area (Å²) in [5.41, 5.74) is 0.397. The second-order valence-electron chi connectivity index (χ2n) is 6.73. The summed E-state index contributed by atoms with van der Waals surface area (Å²) in [6, 6.07) is 10.2. The fourth-order valence-electron chi connectivity index (χ4n) is 3.38. The number of nitrogens with zero attached hydrogens (tertiary/aromatic N) is 4. The van der Waals surface area contributed by atoms with E-state index in [1.807, 2.05) is 12.1 Å². The molecular formula is C20H25BrN4O3S. The van der Waals surface area contributed by atoms with E-state index in [4.69, 9.17) is 0 Å². The number of anilines is 1. The highest BCUT2D eigenvalue weighted by Gasteiger charge is 2.26. The van der Waals surface area contributed by atoms with Gasteiger partial charge in [-0.05, 0) is 46.3 Å². The molecule has 2 aromatic rings. The monoisotopic (exact) mass is 480 g/mol. The van der Waals surface area contributed by atoms with E-state index in [0.29, 0.717) is 44.8 Å². The molecule has 7 nitrogen and oxygen atoms in total. The molecule has 156 valence electrons. The minimum absolute atomic E-state index is 0.148. The molecule has 2 heterocycles. The Kier molecular flexibility index (Phi) is 6.92. The molecule has 9 heteroatoms. The highest BCUT2D eigenvalue weighted by molar-refractivity contribution is 9.10. The maximum atomic E-state index is 13.0. The van der Waals surface area contributed by atoms with Gasteiger partial charge < -0.3 is 9.80 Å². The van der Waals surface area contributed by atoms with Crippen LogP contribution in [-0.4, -0.2) is 67.8 Å². The number of carbonyl (C=O) groups excluding carboxylic acids is 1. The molecule has 0 aliphatic carbocycles. The van der Waals surface area contributed by atoms with Gasteiger partial charge in [0.05, 0.1) is 4.90 Å². The lowest BCUT2D eigenvalue weighted by Gasteiger charge is -2.35. The first-order valence-corrected chi connectivity index (χ1v) is 11.9. The van der Waals surface area contributed by atoms with Crippen LogP contribution in [0.4, 0.5) is 5.82 Å². The largest absolute Gasteiger partial charge is 0.353 e. The van der Waals surface area contributed by atoms with Gasteiger partial charge in [-0.1, -0.05) is 19.9 Å². The lowest BCUT2D eigenvalue weighted by atomic mass is 10.2. The number of hydrogen-bond acceptors (Lipinski definition) is 5. The summed E-state index contributed by atoms with van der Waals surface area (Å²) in [4.78, 5) is 21.4. The van der Waals surface area contributed by atoms with Gasteiger partial charge in [-0.2, -0.15) is 4.31 Å². The summed E-state index contributed by atoms with van der Waals surface area (Å²) >= 11 is 3.38.